The lowest BCUT2D eigenvalue weighted by Crippen LogP contribution is -2.47. The van der Waals surface area contributed by atoms with Gasteiger partial charge in [-0.25, -0.2) is 4.79 Å². The first-order valence-corrected chi connectivity index (χ1v) is 10.4. The number of hydrogen-bond donors (Lipinski definition) is 1. The first-order chi connectivity index (χ1) is 13.8. The summed E-state index contributed by atoms with van der Waals surface area (Å²) in [6.45, 7) is 5.16. The van der Waals surface area contributed by atoms with E-state index in [1.165, 1.54) is 0 Å². The summed E-state index contributed by atoms with van der Waals surface area (Å²) in [6.07, 6.45) is 0.804. The zero-order chi connectivity index (χ0) is 20.2. The third-order valence-corrected chi connectivity index (χ3v) is 8.24. The van der Waals surface area contributed by atoms with Crippen LogP contribution in [0.25, 0.3) is 0 Å². The number of fused-ring (bicyclic) bond motifs is 2. The van der Waals surface area contributed by atoms with Gasteiger partial charge in [-0.3, -0.25) is 14.4 Å². The molecule has 4 saturated carbocycles. The van der Waals surface area contributed by atoms with Crippen LogP contribution < -0.4 is 5.32 Å². The van der Waals surface area contributed by atoms with E-state index in [4.69, 9.17) is 14.2 Å². The maximum absolute atomic E-state index is 13.2. The minimum Gasteiger partial charge on any atom is -0.460 e. The van der Waals surface area contributed by atoms with Crippen LogP contribution in [0.4, 0.5) is 0 Å². The van der Waals surface area contributed by atoms with E-state index in [1.807, 2.05) is 0 Å². The van der Waals surface area contributed by atoms with Crippen LogP contribution in [0.5, 0.6) is 0 Å². The average molecular weight is 401 g/mol. The van der Waals surface area contributed by atoms with Gasteiger partial charge in [0.25, 0.3) is 0 Å². The normalized spacial score (nSPS) is 49.9. The van der Waals surface area contributed by atoms with Gasteiger partial charge >= 0.3 is 17.9 Å². The smallest absolute Gasteiger partial charge is 0.333 e. The third-order valence-electron chi connectivity index (χ3n) is 8.24. The van der Waals surface area contributed by atoms with Gasteiger partial charge in [0.15, 0.2) is 0 Å². The molecule has 0 aromatic heterocycles. The highest BCUT2D eigenvalue weighted by Crippen LogP contribution is 2.60. The molecule has 154 valence electrons. The van der Waals surface area contributed by atoms with Crippen LogP contribution in [0, 0.1) is 41.4 Å². The molecule has 11 atom stereocenters. The summed E-state index contributed by atoms with van der Waals surface area (Å²) < 4.78 is 17.0. The van der Waals surface area contributed by atoms with Crippen LogP contribution in [-0.4, -0.2) is 48.2 Å². The second-order valence-electron chi connectivity index (χ2n) is 9.60. The minimum absolute atomic E-state index is 0.0546. The zero-order valence-corrected chi connectivity index (χ0v) is 16.0. The van der Waals surface area contributed by atoms with Crippen LogP contribution in [0.3, 0.4) is 0 Å². The van der Waals surface area contributed by atoms with Crippen LogP contribution in [0.2, 0.25) is 0 Å². The fourth-order valence-corrected chi connectivity index (χ4v) is 7.15. The van der Waals surface area contributed by atoms with Crippen molar-refractivity contribution in [3.63, 3.8) is 0 Å². The van der Waals surface area contributed by atoms with Crippen molar-refractivity contribution in [1.82, 2.24) is 5.32 Å². The molecule has 0 spiro atoms. The summed E-state index contributed by atoms with van der Waals surface area (Å²) in [5, 5.41) is 2.99. The van der Waals surface area contributed by atoms with Crippen molar-refractivity contribution in [1.29, 1.82) is 0 Å². The summed E-state index contributed by atoms with van der Waals surface area (Å²) in [5.41, 5.74) is 0.265. The fraction of sp³-hybridized carbons (Fsp3) is 0.714. The van der Waals surface area contributed by atoms with E-state index in [1.54, 1.807) is 6.92 Å². The predicted octanol–water partition coefficient (Wildman–Crippen LogP) is 0.348. The van der Waals surface area contributed by atoms with E-state index in [0.29, 0.717) is 6.42 Å². The second-order valence-corrected chi connectivity index (χ2v) is 9.60. The summed E-state index contributed by atoms with van der Waals surface area (Å²) in [4.78, 5) is 49.8. The van der Waals surface area contributed by atoms with Crippen LogP contribution >= 0.6 is 0 Å². The number of ether oxygens (including phenoxy) is 3. The quantitative estimate of drug-likeness (QED) is 0.411. The molecule has 0 aromatic rings. The molecule has 6 aliphatic rings. The van der Waals surface area contributed by atoms with E-state index in [-0.39, 0.29) is 53.2 Å². The molecular formula is C21H23NO7. The van der Waals surface area contributed by atoms with Gasteiger partial charge in [-0.15, -0.1) is 0 Å². The van der Waals surface area contributed by atoms with Gasteiger partial charge in [-0.2, -0.15) is 0 Å². The molecule has 11 unspecified atom stereocenters. The second kappa shape index (κ2) is 5.61. The number of esters is 3. The van der Waals surface area contributed by atoms with E-state index in [0.717, 1.165) is 12.8 Å². The number of carbonyl (C=O) groups is 4. The van der Waals surface area contributed by atoms with Crippen LogP contribution in [0.15, 0.2) is 12.2 Å². The Kier molecular flexibility index (Phi) is 3.38. The maximum atomic E-state index is 13.2. The van der Waals surface area contributed by atoms with Gasteiger partial charge in [-0.1, -0.05) is 6.58 Å². The Morgan fingerprint density at radius 1 is 1.07 bits per heavy atom. The Balaban J connectivity index is 1.23. The van der Waals surface area contributed by atoms with Gasteiger partial charge < -0.3 is 19.5 Å². The van der Waals surface area contributed by atoms with Crippen molar-refractivity contribution in [3.05, 3.63) is 12.2 Å². The first-order valence-electron chi connectivity index (χ1n) is 10.4. The number of nitrogens with one attached hydrogen (secondary N) is 1. The van der Waals surface area contributed by atoms with E-state index < -0.39 is 42.0 Å². The molecular weight excluding hydrogens is 378 g/mol. The summed E-state index contributed by atoms with van der Waals surface area (Å²) >= 11 is 0. The summed E-state index contributed by atoms with van der Waals surface area (Å²) in [6, 6.07) is -0.117. The van der Waals surface area contributed by atoms with E-state index >= 15 is 0 Å². The Labute approximate surface area is 167 Å². The lowest BCUT2D eigenvalue weighted by Gasteiger charge is -2.33. The highest BCUT2D eigenvalue weighted by molar-refractivity contribution is 5.89. The Morgan fingerprint density at radius 2 is 1.86 bits per heavy atom. The molecule has 8 heteroatoms. The largest absolute Gasteiger partial charge is 0.460 e. The molecule has 2 aliphatic heterocycles. The molecule has 6 fully saturated rings. The minimum atomic E-state index is -0.666. The fourth-order valence-electron chi connectivity index (χ4n) is 7.15. The van der Waals surface area contributed by atoms with Gasteiger partial charge in [-0.05, 0) is 38.0 Å². The maximum Gasteiger partial charge on any atom is 0.333 e. The van der Waals surface area contributed by atoms with Crippen molar-refractivity contribution in [2.75, 3.05) is 0 Å². The SMILES string of the molecule is C=C(C)C(=O)OC1C2CC3C1OC(=O)C3C2C(=O)OC1C2CC3C(=O)NC1C3C2. The van der Waals surface area contributed by atoms with Crippen molar-refractivity contribution in [3.8, 4) is 0 Å². The van der Waals surface area contributed by atoms with Gasteiger partial charge in [0, 0.05) is 23.3 Å². The predicted molar refractivity (Wildman–Crippen MR) is 94.7 cm³/mol. The Morgan fingerprint density at radius 3 is 2.62 bits per heavy atom. The van der Waals surface area contributed by atoms with E-state index in [2.05, 4.69) is 11.9 Å². The van der Waals surface area contributed by atoms with Gasteiger partial charge in [0.05, 0.1) is 17.9 Å². The van der Waals surface area contributed by atoms with Crippen LogP contribution in [-0.2, 0) is 33.4 Å². The van der Waals surface area contributed by atoms with Crippen molar-refractivity contribution < 1.29 is 33.4 Å². The van der Waals surface area contributed by atoms with Gasteiger partial charge in [0.2, 0.25) is 5.91 Å². The Hall–Kier alpha value is -2.38. The average Bonchev–Trinajstić information content (AvgIpc) is 3.44. The topological polar surface area (TPSA) is 108 Å². The lowest BCUT2D eigenvalue weighted by atomic mass is 9.78. The number of rotatable bonds is 4. The highest BCUT2D eigenvalue weighted by atomic mass is 16.6. The monoisotopic (exact) mass is 401 g/mol. The molecule has 6 rings (SSSR count). The molecule has 29 heavy (non-hydrogen) atoms. The van der Waals surface area contributed by atoms with Crippen molar-refractivity contribution >= 4 is 23.8 Å². The molecule has 0 aromatic carbocycles. The molecule has 4 aliphatic carbocycles. The first kappa shape index (κ1) is 17.5. The molecule has 1 N–H and O–H groups in total. The number of hydrogen-bond acceptors (Lipinski definition) is 7. The summed E-state index contributed by atoms with van der Waals surface area (Å²) in [5.74, 6) is -2.41. The molecule has 8 nitrogen and oxygen atoms in total. The molecule has 4 bridgehead atoms. The van der Waals surface area contributed by atoms with Crippen molar-refractivity contribution in [2.24, 2.45) is 41.4 Å². The van der Waals surface area contributed by atoms with Crippen LogP contribution in [0.1, 0.15) is 26.2 Å². The van der Waals surface area contributed by atoms with E-state index in [9.17, 15) is 19.2 Å². The van der Waals surface area contributed by atoms with Gasteiger partial charge in [0.1, 0.15) is 18.3 Å². The Bertz CT molecular complexity index is 867. The number of carbonyl (C=O) groups excluding carboxylic acids is 4. The lowest BCUT2D eigenvalue weighted by molar-refractivity contribution is -0.168. The number of amides is 1. The molecule has 0 radical (unpaired) electrons. The molecule has 2 saturated heterocycles. The zero-order valence-electron chi connectivity index (χ0n) is 16.0. The molecule has 2 heterocycles. The third kappa shape index (κ3) is 2.15. The van der Waals surface area contributed by atoms with Crippen molar-refractivity contribution in [2.45, 2.75) is 50.5 Å². The summed E-state index contributed by atoms with van der Waals surface area (Å²) in [7, 11) is 0. The standard InChI is InChI=1S/C21H23NO7/c1-6(2)19(24)28-16-10-5-11-13(21(26)29-17(11)16)12(10)20(25)27-15-7-3-8-9(4-7)18(23)22-14(8)15/h7-17H,1,3-5H2,2H3,(H,22,23). The molecule has 1 amide bonds. The highest BCUT2D eigenvalue weighted by Gasteiger charge is 2.71.